The van der Waals surface area contributed by atoms with Gasteiger partial charge in [0.2, 0.25) is 6.79 Å². The molecule has 1 saturated heterocycles. The molecule has 1 N–H and O–H groups in total. The first-order valence-corrected chi connectivity index (χ1v) is 9.72. The van der Waals surface area contributed by atoms with Crippen LogP contribution >= 0.6 is 0 Å². The third-order valence-corrected chi connectivity index (χ3v) is 5.39. The highest BCUT2D eigenvalue weighted by Crippen LogP contribution is 2.36. The number of nitrogens with zero attached hydrogens (tertiary/aromatic N) is 3. The molecule has 0 unspecified atom stereocenters. The van der Waals surface area contributed by atoms with Crippen LogP contribution in [0.3, 0.4) is 0 Å². The van der Waals surface area contributed by atoms with E-state index < -0.39 is 0 Å². The number of likely N-dealkylation sites (N-methyl/N-ethyl adjacent to an activating group) is 1. The van der Waals surface area contributed by atoms with Crippen LogP contribution in [0, 0.1) is 0 Å². The second-order valence-electron chi connectivity index (χ2n) is 7.37. The van der Waals surface area contributed by atoms with Crippen LogP contribution in [0.25, 0.3) is 22.2 Å². The van der Waals surface area contributed by atoms with Crippen LogP contribution in [0.2, 0.25) is 0 Å². The SMILES string of the molecule is CN1CCN(NC(=O)c2cc(-c3ccc4c(c3)OCO4)nc3ccccc23)CC1. The van der Waals surface area contributed by atoms with Gasteiger partial charge < -0.3 is 14.4 Å². The smallest absolute Gasteiger partial charge is 0.266 e. The Labute approximate surface area is 168 Å². The summed E-state index contributed by atoms with van der Waals surface area (Å²) in [5, 5.41) is 2.82. The topological polar surface area (TPSA) is 66.9 Å². The number of fused-ring (bicyclic) bond motifs is 2. The number of hydrogen-bond acceptors (Lipinski definition) is 6. The van der Waals surface area contributed by atoms with Crippen LogP contribution < -0.4 is 14.9 Å². The third-order valence-electron chi connectivity index (χ3n) is 5.39. The van der Waals surface area contributed by atoms with E-state index in [1.54, 1.807) is 0 Å². The van der Waals surface area contributed by atoms with Crippen molar-refractivity contribution >= 4 is 16.8 Å². The molecule has 1 aromatic heterocycles. The molecule has 0 spiro atoms. The van der Waals surface area contributed by atoms with Crippen molar-refractivity contribution < 1.29 is 14.3 Å². The average molecular weight is 390 g/mol. The lowest BCUT2D eigenvalue weighted by Gasteiger charge is -2.32. The van der Waals surface area contributed by atoms with Gasteiger partial charge in [0.05, 0.1) is 16.8 Å². The molecule has 0 atom stereocenters. The molecule has 1 amide bonds. The summed E-state index contributed by atoms with van der Waals surface area (Å²) in [6.07, 6.45) is 0. The van der Waals surface area contributed by atoms with Gasteiger partial charge in [-0.05, 0) is 37.4 Å². The number of para-hydroxylation sites is 1. The fourth-order valence-corrected chi connectivity index (χ4v) is 3.69. The zero-order chi connectivity index (χ0) is 19.8. The summed E-state index contributed by atoms with van der Waals surface area (Å²) in [5.41, 5.74) is 6.07. The minimum absolute atomic E-state index is 0.116. The molecule has 0 radical (unpaired) electrons. The van der Waals surface area contributed by atoms with Crippen molar-refractivity contribution in [1.29, 1.82) is 0 Å². The lowest BCUT2D eigenvalue weighted by atomic mass is 10.0. The maximum atomic E-state index is 13.1. The van der Waals surface area contributed by atoms with Crippen LogP contribution in [0.5, 0.6) is 11.5 Å². The Morgan fingerprint density at radius 3 is 2.66 bits per heavy atom. The number of aromatic nitrogens is 1. The Balaban J connectivity index is 1.51. The second-order valence-corrected chi connectivity index (χ2v) is 7.37. The minimum Gasteiger partial charge on any atom is -0.454 e. The molecule has 0 aliphatic carbocycles. The molecule has 1 fully saturated rings. The summed E-state index contributed by atoms with van der Waals surface area (Å²) < 4.78 is 10.9. The molecule has 148 valence electrons. The molecule has 5 rings (SSSR count). The van der Waals surface area contributed by atoms with E-state index in [9.17, 15) is 4.79 Å². The van der Waals surface area contributed by atoms with E-state index >= 15 is 0 Å². The van der Waals surface area contributed by atoms with E-state index in [4.69, 9.17) is 14.5 Å². The van der Waals surface area contributed by atoms with Gasteiger partial charge in [-0.3, -0.25) is 10.2 Å². The monoisotopic (exact) mass is 390 g/mol. The predicted octanol–water partition coefficient (Wildman–Crippen LogP) is 2.52. The number of carbonyl (C=O) groups is 1. The molecule has 0 saturated carbocycles. The Bertz CT molecular complexity index is 1080. The molecule has 2 aliphatic heterocycles. The van der Waals surface area contributed by atoms with Gasteiger partial charge in [-0.25, -0.2) is 9.99 Å². The fraction of sp³-hybridized carbons (Fsp3) is 0.273. The van der Waals surface area contributed by atoms with Gasteiger partial charge in [0.1, 0.15) is 0 Å². The number of nitrogens with one attached hydrogen (secondary N) is 1. The summed E-state index contributed by atoms with van der Waals surface area (Å²) in [5.74, 6) is 1.30. The number of hydrogen-bond donors (Lipinski definition) is 1. The van der Waals surface area contributed by atoms with Gasteiger partial charge in [-0.2, -0.15) is 0 Å². The van der Waals surface area contributed by atoms with Crippen LogP contribution in [-0.2, 0) is 0 Å². The van der Waals surface area contributed by atoms with Crippen molar-refractivity contribution in [2.24, 2.45) is 0 Å². The molecular weight excluding hydrogens is 368 g/mol. The van der Waals surface area contributed by atoms with Crippen LogP contribution in [-0.4, -0.2) is 60.8 Å². The van der Waals surface area contributed by atoms with Crippen molar-refractivity contribution in [3.05, 3.63) is 54.1 Å². The van der Waals surface area contributed by atoms with Gasteiger partial charge in [0.25, 0.3) is 5.91 Å². The Morgan fingerprint density at radius 1 is 1.00 bits per heavy atom. The lowest BCUT2D eigenvalue weighted by Crippen LogP contribution is -2.52. The third kappa shape index (κ3) is 3.50. The van der Waals surface area contributed by atoms with Gasteiger partial charge in [0, 0.05) is 37.1 Å². The first-order chi connectivity index (χ1) is 14.2. The Morgan fingerprint density at radius 2 is 1.79 bits per heavy atom. The van der Waals surface area contributed by atoms with E-state index in [-0.39, 0.29) is 12.7 Å². The number of hydrazine groups is 1. The van der Waals surface area contributed by atoms with E-state index in [1.807, 2.05) is 53.5 Å². The van der Waals surface area contributed by atoms with Gasteiger partial charge in [-0.1, -0.05) is 18.2 Å². The van der Waals surface area contributed by atoms with E-state index in [2.05, 4.69) is 17.4 Å². The highest BCUT2D eigenvalue weighted by atomic mass is 16.7. The lowest BCUT2D eigenvalue weighted by molar-refractivity contribution is 0.0664. The molecule has 0 bridgehead atoms. The minimum atomic E-state index is -0.116. The molecule has 2 aliphatic rings. The van der Waals surface area contributed by atoms with Gasteiger partial charge >= 0.3 is 0 Å². The first-order valence-electron chi connectivity index (χ1n) is 9.72. The maximum absolute atomic E-state index is 13.1. The second kappa shape index (κ2) is 7.35. The van der Waals surface area contributed by atoms with Crippen LogP contribution in [0.1, 0.15) is 10.4 Å². The summed E-state index contributed by atoms with van der Waals surface area (Å²) in [7, 11) is 2.09. The normalized spacial score (nSPS) is 16.9. The van der Waals surface area contributed by atoms with Crippen LogP contribution in [0.4, 0.5) is 0 Å². The number of rotatable bonds is 3. The first kappa shape index (κ1) is 17.9. The predicted molar refractivity (Wildman–Crippen MR) is 110 cm³/mol. The van der Waals surface area contributed by atoms with E-state index in [1.165, 1.54) is 0 Å². The number of ether oxygens (including phenoxy) is 2. The van der Waals surface area contributed by atoms with Gasteiger partial charge in [0.15, 0.2) is 11.5 Å². The zero-order valence-corrected chi connectivity index (χ0v) is 16.2. The quantitative estimate of drug-likeness (QED) is 0.741. The number of benzene rings is 2. The standard InChI is InChI=1S/C22H22N4O3/c1-25-8-10-26(11-9-25)24-22(27)17-13-19(23-18-5-3-2-4-16(17)18)15-6-7-20-21(12-15)29-14-28-20/h2-7,12-13H,8-11,14H2,1H3,(H,24,27). The van der Waals surface area contributed by atoms with Crippen molar-refractivity contribution in [3.8, 4) is 22.8 Å². The Kier molecular flexibility index (Phi) is 4.54. The summed E-state index contributed by atoms with van der Waals surface area (Å²) in [6, 6.07) is 15.3. The number of pyridine rings is 1. The van der Waals surface area contributed by atoms with Gasteiger partial charge in [-0.15, -0.1) is 0 Å². The Hall–Kier alpha value is -3.16. The zero-order valence-electron chi connectivity index (χ0n) is 16.2. The highest BCUT2D eigenvalue weighted by Gasteiger charge is 2.20. The molecule has 3 heterocycles. The number of amides is 1. The van der Waals surface area contributed by atoms with Crippen molar-refractivity contribution in [2.45, 2.75) is 0 Å². The largest absolute Gasteiger partial charge is 0.454 e. The number of carbonyl (C=O) groups excluding carboxylic acids is 1. The summed E-state index contributed by atoms with van der Waals surface area (Å²) in [4.78, 5) is 20.2. The highest BCUT2D eigenvalue weighted by molar-refractivity contribution is 6.07. The van der Waals surface area contributed by atoms with Crippen LogP contribution in [0.15, 0.2) is 48.5 Å². The van der Waals surface area contributed by atoms with Crippen molar-refractivity contribution in [3.63, 3.8) is 0 Å². The van der Waals surface area contributed by atoms with Crippen molar-refractivity contribution in [2.75, 3.05) is 40.0 Å². The molecule has 2 aromatic carbocycles. The number of piperazine rings is 1. The van der Waals surface area contributed by atoms with E-state index in [0.717, 1.165) is 54.1 Å². The molecule has 29 heavy (non-hydrogen) atoms. The molecule has 7 heteroatoms. The summed E-state index contributed by atoms with van der Waals surface area (Å²) >= 11 is 0. The van der Waals surface area contributed by atoms with Crippen molar-refractivity contribution in [1.82, 2.24) is 20.3 Å². The average Bonchev–Trinajstić information content (AvgIpc) is 3.22. The molecule has 3 aromatic rings. The van der Waals surface area contributed by atoms with E-state index in [0.29, 0.717) is 11.3 Å². The summed E-state index contributed by atoms with van der Waals surface area (Å²) in [6.45, 7) is 3.70. The molecule has 7 nitrogen and oxygen atoms in total. The maximum Gasteiger partial charge on any atom is 0.266 e. The fourth-order valence-electron chi connectivity index (χ4n) is 3.69. The molecular formula is C22H22N4O3.